The van der Waals surface area contributed by atoms with Crippen LogP contribution >= 0.6 is 0 Å². The number of carbonyl (C=O) groups is 1. The molecular formula is C25H36N4O2. The van der Waals surface area contributed by atoms with Gasteiger partial charge >= 0.3 is 0 Å². The fourth-order valence-corrected chi connectivity index (χ4v) is 2.86. The molecule has 0 saturated heterocycles. The Kier molecular flexibility index (Phi) is 9.88. The summed E-state index contributed by atoms with van der Waals surface area (Å²) in [5.74, 6) is 2.22. The highest BCUT2D eigenvalue weighted by Gasteiger charge is 2.07. The Morgan fingerprint density at radius 1 is 1.00 bits per heavy atom. The first-order chi connectivity index (χ1) is 14.9. The SMILES string of the molecule is CCNC(=NCc1ccc(C(=O)N(C)C)cc1)NCCc1ccc(OCC(C)C)cc1. The molecule has 0 bridgehead atoms. The molecule has 0 unspecified atom stereocenters. The zero-order chi connectivity index (χ0) is 22.6. The van der Waals surface area contributed by atoms with Gasteiger partial charge in [-0.1, -0.05) is 38.1 Å². The zero-order valence-corrected chi connectivity index (χ0v) is 19.4. The number of hydrogen-bond donors (Lipinski definition) is 2. The van der Waals surface area contributed by atoms with E-state index in [0.717, 1.165) is 43.4 Å². The van der Waals surface area contributed by atoms with E-state index in [2.05, 4.69) is 48.5 Å². The number of ether oxygens (including phenoxy) is 1. The van der Waals surface area contributed by atoms with Gasteiger partial charge in [0.25, 0.3) is 5.91 Å². The van der Waals surface area contributed by atoms with Crippen molar-refractivity contribution in [2.24, 2.45) is 10.9 Å². The van der Waals surface area contributed by atoms with Gasteiger partial charge in [0.05, 0.1) is 13.2 Å². The Hall–Kier alpha value is -3.02. The van der Waals surface area contributed by atoms with Gasteiger partial charge in [0.1, 0.15) is 5.75 Å². The third-order valence-corrected chi connectivity index (χ3v) is 4.58. The van der Waals surface area contributed by atoms with Gasteiger partial charge in [-0.25, -0.2) is 4.99 Å². The molecule has 0 saturated carbocycles. The summed E-state index contributed by atoms with van der Waals surface area (Å²) in [6.07, 6.45) is 0.899. The number of rotatable bonds is 10. The van der Waals surface area contributed by atoms with Gasteiger partial charge in [-0.3, -0.25) is 4.79 Å². The molecule has 0 fully saturated rings. The first kappa shape index (κ1) is 24.3. The molecule has 0 aliphatic carbocycles. The monoisotopic (exact) mass is 424 g/mol. The van der Waals surface area contributed by atoms with Crippen molar-refractivity contribution < 1.29 is 9.53 Å². The van der Waals surface area contributed by atoms with Crippen molar-refractivity contribution in [3.8, 4) is 5.75 Å². The first-order valence-electron chi connectivity index (χ1n) is 10.9. The molecule has 0 aliphatic heterocycles. The van der Waals surface area contributed by atoms with E-state index < -0.39 is 0 Å². The molecule has 2 N–H and O–H groups in total. The van der Waals surface area contributed by atoms with Crippen LogP contribution in [-0.4, -0.2) is 50.6 Å². The van der Waals surface area contributed by atoms with Gasteiger partial charge in [0.15, 0.2) is 5.96 Å². The standard InChI is InChI=1S/C25H36N4O2/c1-6-26-25(28-17-21-7-11-22(12-8-21)24(30)29(4)5)27-16-15-20-9-13-23(14-10-20)31-18-19(2)3/h7-14,19H,6,15-18H2,1-5H3,(H2,26,27,28). The highest BCUT2D eigenvalue weighted by atomic mass is 16.5. The molecule has 2 aromatic carbocycles. The van der Waals surface area contributed by atoms with Gasteiger partial charge in [-0.05, 0) is 54.7 Å². The number of nitrogens with zero attached hydrogens (tertiary/aromatic N) is 2. The minimum atomic E-state index is 0.00423. The van der Waals surface area contributed by atoms with Crippen LogP contribution in [0, 0.1) is 5.92 Å². The Labute approximate surface area is 186 Å². The third-order valence-electron chi connectivity index (χ3n) is 4.58. The number of guanidine groups is 1. The van der Waals surface area contributed by atoms with Gasteiger partial charge in [0, 0.05) is 32.7 Å². The topological polar surface area (TPSA) is 66.0 Å². The van der Waals surface area contributed by atoms with Crippen LogP contribution in [0.15, 0.2) is 53.5 Å². The molecule has 0 aromatic heterocycles. The van der Waals surface area contributed by atoms with Crippen molar-refractivity contribution in [2.45, 2.75) is 33.7 Å². The summed E-state index contributed by atoms with van der Waals surface area (Å²) in [4.78, 5) is 18.2. The molecule has 0 atom stereocenters. The van der Waals surface area contributed by atoms with Crippen LogP contribution in [0.25, 0.3) is 0 Å². The van der Waals surface area contributed by atoms with E-state index in [4.69, 9.17) is 4.74 Å². The maximum atomic E-state index is 12.0. The van der Waals surface area contributed by atoms with Crippen LogP contribution in [0.1, 0.15) is 42.3 Å². The van der Waals surface area contributed by atoms with Gasteiger partial charge < -0.3 is 20.3 Å². The molecule has 2 rings (SSSR count). The quantitative estimate of drug-likeness (QED) is 0.451. The molecule has 1 amide bonds. The van der Waals surface area contributed by atoms with Gasteiger partial charge in [-0.15, -0.1) is 0 Å². The average Bonchev–Trinajstić information content (AvgIpc) is 2.76. The van der Waals surface area contributed by atoms with E-state index in [0.29, 0.717) is 18.0 Å². The molecule has 0 radical (unpaired) electrons. The summed E-state index contributed by atoms with van der Waals surface area (Å²) in [6.45, 7) is 9.20. The summed E-state index contributed by atoms with van der Waals surface area (Å²) in [7, 11) is 3.51. The van der Waals surface area contributed by atoms with E-state index >= 15 is 0 Å². The first-order valence-corrected chi connectivity index (χ1v) is 10.9. The third kappa shape index (κ3) is 8.70. The fourth-order valence-electron chi connectivity index (χ4n) is 2.86. The Bertz CT molecular complexity index is 828. The summed E-state index contributed by atoms with van der Waals surface area (Å²) < 4.78 is 5.74. The lowest BCUT2D eigenvalue weighted by Crippen LogP contribution is -2.38. The van der Waals surface area contributed by atoms with Crippen LogP contribution in [0.4, 0.5) is 0 Å². The number of hydrogen-bond acceptors (Lipinski definition) is 3. The summed E-state index contributed by atoms with van der Waals surface area (Å²) in [5.41, 5.74) is 2.99. The molecule has 0 heterocycles. The predicted octanol–water partition coefficient (Wildman–Crippen LogP) is 3.72. The summed E-state index contributed by atoms with van der Waals surface area (Å²) in [5, 5.41) is 6.66. The van der Waals surface area contributed by atoms with Crippen LogP contribution in [0.2, 0.25) is 0 Å². The predicted molar refractivity (Wildman–Crippen MR) is 128 cm³/mol. The molecule has 0 aliphatic rings. The summed E-state index contributed by atoms with van der Waals surface area (Å²) in [6, 6.07) is 15.9. The van der Waals surface area contributed by atoms with Crippen LogP contribution in [0.3, 0.4) is 0 Å². The van der Waals surface area contributed by atoms with E-state index in [1.807, 2.05) is 36.4 Å². The second-order valence-electron chi connectivity index (χ2n) is 8.12. The molecule has 6 heteroatoms. The maximum absolute atomic E-state index is 12.0. The van der Waals surface area contributed by atoms with E-state index in [1.165, 1.54) is 5.56 Å². The number of amides is 1. The molecule has 2 aromatic rings. The lowest BCUT2D eigenvalue weighted by Gasteiger charge is -2.12. The number of aliphatic imine (C=N–C) groups is 1. The van der Waals surface area contributed by atoms with E-state index in [9.17, 15) is 4.79 Å². The Morgan fingerprint density at radius 2 is 1.65 bits per heavy atom. The number of carbonyl (C=O) groups excluding carboxylic acids is 1. The van der Waals surface area contributed by atoms with Crippen molar-refractivity contribution in [1.82, 2.24) is 15.5 Å². The smallest absolute Gasteiger partial charge is 0.253 e. The van der Waals surface area contributed by atoms with Gasteiger partial charge in [0.2, 0.25) is 0 Å². The van der Waals surface area contributed by atoms with E-state index in [-0.39, 0.29) is 5.91 Å². The second-order valence-corrected chi connectivity index (χ2v) is 8.12. The second kappa shape index (κ2) is 12.6. The lowest BCUT2D eigenvalue weighted by atomic mass is 10.1. The van der Waals surface area contributed by atoms with Crippen molar-refractivity contribution in [3.63, 3.8) is 0 Å². The van der Waals surface area contributed by atoms with Crippen molar-refractivity contribution in [3.05, 3.63) is 65.2 Å². The van der Waals surface area contributed by atoms with Crippen LogP contribution < -0.4 is 15.4 Å². The van der Waals surface area contributed by atoms with Crippen LogP contribution in [0.5, 0.6) is 5.75 Å². The number of benzene rings is 2. The maximum Gasteiger partial charge on any atom is 0.253 e. The van der Waals surface area contributed by atoms with Crippen LogP contribution in [-0.2, 0) is 13.0 Å². The van der Waals surface area contributed by atoms with Crippen molar-refractivity contribution in [2.75, 3.05) is 33.8 Å². The normalized spacial score (nSPS) is 11.4. The molecule has 6 nitrogen and oxygen atoms in total. The fraction of sp³-hybridized carbons (Fsp3) is 0.440. The zero-order valence-electron chi connectivity index (χ0n) is 19.4. The van der Waals surface area contributed by atoms with E-state index in [1.54, 1.807) is 19.0 Å². The minimum Gasteiger partial charge on any atom is -0.493 e. The molecule has 168 valence electrons. The summed E-state index contributed by atoms with van der Waals surface area (Å²) >= 11 is 0. The highest BCUT2D eigenvalue weighted by molar-refractivity contribution is 5.93. The molecule has 31 heavy (non-hydrogen) atoms. The minimum absolute atomic E-state index is 0.00423. The Balaban J connectivity index is 1.85. The average molecular weight is 425 g/mol. The van der Waals surface area contributed by atoms with Crippen molar-refractivity contribution in [1.29, 1.82) is 0 Å². The molecule has 0 spiro atoms. The molecular weight excluding hydrogens is 388 g/mol. The van der Waals surface area contributed by atoms with Crippen molar-refractivity contribution >= 4 is 11.9 Å². The largest absolute Gasteiger partial charge is 0.493 e. The lowest BCUT2D eigenvalue weighted by molar-refractivity contribution is 0.0827. The Morgan fingerprint density at radius 3 is 2.23 bits per heavy atom. The van der Waals surface area contributed by atoms with Gasteiger partial charge in [-0.2, -0.15) is 0 Å². The highest BCUT2D eigenvalue weighted by Crippen LogP contribution is 2.13. The number of nitrogens with one attached hydrogen (secondary N) is 2.